The van der Waals surface area contributed by atoms with Crippen LogP contribution < -0.4 is 4.74 Å². The fraction of sp³-hybridized carbons (Fsp3) is 0.600. The minimum absolute atomic E-state index is 0.596. The van der Waals surface area contributed by atoms with Crippen molar-refractivity contribution in [2.24, 2.45) is 0 Å². The van der Waals surface area contributed by atoms with Gasteiger partial charge in [-0.3, -0.25) is 4.90 Å². The van der Waals surface area contributed by atoms with Crippen molar-refractivity contribution in [3.8, 4) is 5.75 Å². The van der Waals surface area contributed by atoms with Gasteiger partial charge in [0.15, 0.2) is 0 Å². The molecule has 1 aromatic rings. The van der Waals surface area contributed by atoms with Crippen LogP contribution in [-0.4, -0.2) is 24.6 Å². The Bertz CT molecular complexity index is 448. The van der Waals surface area contributed by atoms with Crippen LogP contribution in [0.3, 0.4) is 0 Å². The van der Waals surface area contributed by atoms with Crippen molar-refractivity contribution in [3.05, 3.63) is 41.5 Å². The Hall–Kier alpha value is -1.28. The van der Waals surface area contributed by atoms with Crippen molar-refractivity contribution < 1.29 is 4.74 Å². The van der Waals surface area contributed by atoms with Gasteiger partial charge in [0.1, 0.15) is 12.4 Å². The molecule has 1 aliphatic rings. The van der Waals surface area contributed by atoms with Crippen molar-refractivity contribution >= 4 is 0 Å². The first-order valence-corrected chi connectivity index (χ1v) is 8.89. The Kier molecular flexibility index (Phi) is 6.98. The number of benzene rings is 1. The van der Waals surface area contributed by atoms with E-state index in [1.807, 2.05) is 6.08 Å². The summed E-state index contributed by atoms with van der Waals surface area (Å²) in [5, 5.41) is 0. The van der Waals surface area contributed by atoms with Gasteiger partial charge in [-0.25, -0.2) is 0 Å². The molecule has 1 aliphatic heterocycles. The molecule has 2 nitrogen and oxygen atoms in total. The van der Waals surface area contributed by atoms with Gasteiger partial charge in [-0.05, 0) is 55.5 Å². The van der Waals surface area contributed by atoms with E-state index in [9.17, 15) is 0 Å². The summed E-state index contributed by atoms with van der Waals surface area (Å²) in [6.45, 7) is 12.5. The summed E-state index contributed by atoms with van der Waals surface area (Å²) in [7, 11) is 0. The predicted molar refractivity (Wildman–Crippen MR) is 94.6 cm³/mol. The van der Waals surface area contributed by atoms with Gasteiger partial charge in [-0.2, -0.15) is 0 Å². The monoisotopic (exact) mass is 301 g/mol. The van der Waals surface area contributed by atoms with Gasteiger partial charge < -0.3 is 4.74 Å². The first-order chi connectivity index (χ1) is 10.8. The molecule has 1 fully saturated rings. The van der Waals surface area contributed by atoms with E-state index in [-0.39, 0.29) is 0 Å². The van der Waals surface area contributed by atoms with E-state index >= 15 is 0 Å². The van der Waals surface area contributed by atoms with Crippen molar-refractivity contribution in [3.63, 3.8) is 0 Å². The Morgan fingerprint density at radius 3 is 2.18 bits per heavy atom. The predicted octanol–water partition coefficient (Wildman–Crippen LogP) is 4.75. The van der Waals surface area contributed by atoms with Crippen LogP contribution in [0.2, 0.25) is 0 Å². The number of hydrogen-bond donors (Lipinski definition) is 0. The van der Waals surface area contributed by atoms with Crippen LogP contribution in [0.5, 0.6) is 5.75 Å². The molecule has 1 aromatic carbocycles. The van der Waals surface area contributed by atoms with E-state index in [0.717, 1.165) is 38.0 Å². The fourth-order valence-corrected chi connectivity index (χ4v) is 3.35. The third-order valence-corrected chi connectivity index (χ3v) is 4.29. The topological polar surface area (TPSA) is 12.5 Å². The zero-order chi connectivity index (χ0) is 15.8. The highest BCUT2D eigenvalue weighted by molar-refractivity contribution is 5.45. The van der Waals surface area contributed by atoms with Gasteiger partial charge in [-0.1, -0.05) is 51.5 Å². The first kappa shape index (κ1) is 17.1. The highest BCUT2D eigenvalue weighted by Gasteiger charge is 2.15. The lowest BCUT2D eigenvalue weighted by atomic mass is 9.97. The zero-order valence-corrected chi connectivity index (χ0v) is 14.4. The molecule has 0 atom stereocenters. The van der Waals surface area contributed by atoms with Crippen molar-refractivity contribution in [2.75, 3.05) is 19.7 Å². The Morgan fingerprint density at radius 1 is 1.09 bits per heavy atom. The minimum Gasteiger partial charge on any atom is -0.489 e. The lowest BCUT2D eigenvalue weighted by Crippen LogP contribution is -2.18. The van der Waals surface area contributed by atoms with Gasteiger partial charge in [0.25, 0.3) is 0 Å². The average molecular weight is 301 g/mol. The molecule has 0 unspecified atom stereocenters. The smallest absolute Gasteiger partial charge is 0.126 e. The molecule has 0 aliphatic carbocycles. The molecule has 0 aromatic heterocycles. The molecule has 0 spiro atoms. The second-order valence-electron chi connectivity index (χ2n) is 6.33. The normalized spacial score (nSPS) is 15.2. The number of hydrogen-bond acceptors (Lipinski definition) is 2. The molecule has 0 amide bonds. The van der Waals surface area contributed by atoms with Gasteiger partial charge in [-0.15, -0.1) is 0 Å². The molecule has 0 N–H and O–H groups in total. The van der Waals surface area contributed by atoms with Gasteiger partial charge in [0.05, 0.1) is 0 Å². The molecule has 1 saturated heterocycles. The fourth-order valence-electron chi connectivity index (χ4n) is 3.35. The van der Waals surface area contributed by atoms with Crippen LogP contribution in [0.25, 0.3) is 0 Å². The average Bonchev–Trinajstić information content (AvgIpc) is 3.00. The third kappa shape index (κ3) is 4.61. The molecular formula is C20H31NO. The van der Waals surface area contributed by atoms with Crippen molar-refractivity contribution in [2.45, 2.75) is 58.9 Å². The van der Waals surface area contributed by atoms with Crippen LogP contribution in [0.15, 0.2) is 24.8 Å². The summed E-state index contributed by atoms with van der Waals surface area (Å²) >= 11 is 0. The molecule has 0 bridgehead atoms. The van der Waals surface area contributed by atoms with E-state index in [1.165, 1.54) is 42.6 Å². The molecule has 2 rings (SSSR count). The lowest BCUT2D eigenvalue weighted by Gasteiger charge is -2.20. The number of aryl methyl sites for hydroxylation is 2. The first-order valence-electron chi connectivity index (χ1n) is 8.89. The zero-order valence-electron chi connectivity index (χ0n) is 14.4. The maximum atomic E-state index is 6.02. The van der Waals surface area contributed by atoms with E-state index in [4.69, 9.17) is 4.74 Å². The number of rotatable bonds is 9. The summed E-state index contributed by atoms with van der Waals surface area (Å²) < 4.78 is 6.02. The molecule has 22 heavy (non-hydrogen) atoms. The van der Waals surface area contributed by atoms with E-state index in [0.29, 0.717) is 6.61 Å². The highest BCUT2D eigenvalue weighted by atomic mass is 16.5. The summed E-state index contributed by atoms with van der Waals surface area (Å²) in [6, 6.07) is 4.75. The van der Waals surface area contributed by atoms with Crippen LogP contribution >= 0.6 is 0 Å². The lowest BCUT2D eigenvalue weighted by molar-refractivity contribution is 0.329. The van der Waals surface area contributed by atoms with Crippen molar-refractivity contribution in [1.82, 2.24) is 4.90 Å². The Morgan fingerprint density at radius 2 is 1.68 bits per heavy atom. The summed E-state index contributed by atoms with van der Waals surface area (Å²) in [5.74, 6) is 1.12. The van der Waals surface area contributed by atoms with Crippen molar-refractivity contribution in [1.29, 1.82) is 0 Å². The van der Waals surface area contributed by atoms with E-state index < -0.39 is 0 Å². The van der Waals surface area contributed by atoms with Crippen LogP contribution in [0.1, 0.15) is 56.2 Å². The SMILES string of the molecule is C=CCOc1c(CCC)cc(CN2CCCC2)cc1CCC. The molecule has 2 heteroatoms. The standard InChI is InChI=1S/C20H31NO/c1-4-9-18-14-17(16-21-11-7-8-12-21)15-19(10-5-2)20(18)22-13-6-3/h6,14-15H,3-5,7-13,16H2,1-2H3. The molecule has 1 heterocycles. The van der Waals surface area contributed by atoms with Crippen LogP contribution in [0.4, 0.5) is 0 Å². The second kappa shape index (κ2) is 8.99. The minimum atomic E-state index is 0.596. The van der Waals surface area contributed by atoms with Gasteiger partial charge >= 0.3 is 0 Å². The largest absolute Gasteiger partial charge is 0.489 e. The Balaban J connectivity index is 2.27. The summed E-state index contributed by atoms with van der Waals surface area (Å²) in [4.78, 5) is 2.57. The van der Waals surface area contributed by atoms with Gasteiger partial charge in [0.2, 0.25) is 0 Å². The van der Waals surface area contributed by atoms with Gasteiger partial charge in [0, 0.05) is 6.54 Å². The number of likely N-dealkylation sites (tertiary alicyclic amines) is 1. The van der Waals surface area contributed by atoms with Crippen LogP contribution in [-0.2, 0) is 19.4 Å². The molecule has 122 valence electrons. The third-order valence-electron chi connectivity index (χ3n) is 4.29. The quantitative estimate of drug-likeness (QED) is 0.610. The van der Waals surface area contributed by atoms with Crippen LogP contribution in [0, 0.1) is 0 Å². The number of nitrogens with zero attached hydrogens (tertiary/aromatic N) is 1. The number of ether oxygens (including phenoxy) is 1. The van der Waals surface area contributed by atoms with E-state index in [1.54, 1.807) is 0 Å². The second-order valence-corrected chi connectivity index (χ2v) is 6.33. The maximum Gasteiger partial charge on any atom is 0.126 e. The Labute approximate surface area is 136 Å². The molecular weight excluding hydrogens is 270 g/mol. The molecule has 0 radical (unpaired) electrons. The van der Waals surface area contributed by atoms with E-state index in [2.05, 4.69) is 37.5 Å². The maximum absolute atomic E-state index is 6.02. The highest BCUT2D eigenvalue weighted by Crippen LogP contribution is 2.30. The summed E-state index contributed by atoms with van der Waals surface area (Å²) in [6.07, 6.45) is 9.04. The molecule has 0 saturated carbocycles. The summed E-state index contributed by atoms with van der Waals surface area (Å²) in [5.41, 5.74) is 4.22.